The fourth-order valence-corrected chi connectivity index (χ4v) is 2.22. The van der Waals surface area contributed by atoms with Crippen molar-refractivity contribution in [2.24, 2.45) is 7.05 Å². The summed E-state index contributed by atoms with van der Waals surface area (Å²) in [5.74, 6) is 0.597. The zero-order valence-electron chi connectivity index (χ0n) is 10.8. The van der Waals surface area contributed by atoms with Crippen LogP contribution in [0.5, 0.6) is 5.75 Å². The van der Waals surface area contributed by atoms with Crippen LogP contribution in [0, 0.1) is 11.3 Å². The topological polar surface area (TPSA) is 63.7 Å². The Morgan fingerprint density at radius 2 is 2.20 bits per heavy atom. The molecule has 0 unspecified atom stereocenters. The van der Waals surface area contributed by atoms with Gasteiger partial charge >= 0.3 is 0 Å². The lowest BCUT2D eigenvalue weighted by molar-refractivity contribution is 0.310. The van der Waals surface area contributed by atoms with Crippen LogP contribution in [-0.2, 0) is 13.5 Å². The lowest BCUT2D eigenvalue weighted by Crippen LogP contribution is -2.04. The summed E-state index contributed by atoms with van der Waals surface area (Å²) in [4.78, 5) is 0. The smallest absolute Gasteiger partial charge is 0.185 e. The molecule has 104 valence electrons. The van der Waals surface area contributed by atoms with Gasteiger partial charge in [0.15, 0.2) is 5.69 Å². The van der Waals surface area contributed by atoms with E-state index in [1.807, 2.05) is 6.07 Å². The number of benzene rings is 1. The molecule has 0 aliphatic carbocycles. The summed E-state index contributed by atoms with van der Waals surface area (Å²) in [6, 6.07) is 7.11. The Kier molecular flexibility index (Phi) is 4.83. The summed E-state index contributed by atoms with van der Waals surface area (Å²) >= 11 is 11.8. The van der Waals surface area contributed by atoms with Crippen LogP contribution in [0.2, 0.25) is 10.0 Å². The van der Waals surface area contributed by atoms with E-state index in [2.05, 4.69) is 10.3 Å². The Bertz CT molecular complexity index is 648. The number of halogens is 2. The SMILES string of the molecule is Cn1nnc(C#N)c1CCCOc1ccc(Cl)cc1Cl. The highest BCUT2D eigenvalue weighted by atomic mass is 35.5. The number of aromatic nitrogens is 3. The van der Waals surface area contributed by atoms with Crippen LogP contribution in [0.4, 0.5) is 0 Å². The molecule has 0 fully saturated rings. The molecule has 0 saturated heterocycles. The molecule has 0 bridgehead atoms. The van der Waals surface area contributed by atoms with E-state index in [0.717, 1.165) is 12.1 Å². The van der Waals surface area contributed by atoms with Gasteiger partial charge in [-0.1, -0.05) is 28.4 Å². The van der Waals surface area contributed by atoms with Crippen LogP contribution in [0.1, 0.15) is 17.8 Å². The third kappa shape index (κ3) is 3.41. The highest BCUT2D eigenvalue weighted by Crippen LogP contribution is 2.27. The molecule has 2 rings (SSSR count). The van der Waals surface area contributed by atoms with Crippen molar-refractivity contribution in [3.8, 4) is 11.8 Å². The predicted molar refractivity (Wildman–Crippen MR) is 76.0 cm³/mol. The van der Waals surface area contributed by atoms with Crippen molar-refractivity contribution in [3.05, 3.63) is 39.6 Å². The molecule has 0 atom stereocenters. The van der Waals surface area contributed by atoms with E-state index in [9.17, 15) is 0 Å². The Labute approximate surface area is 126 Å². The molecule has 7 heteroatoms. The largest absolute Gasteiger partial charge is 0.492 e. The van der Waals surface area contributed by atoms with E-state index in [1.165, 1.54) is 0 Å². The second-order valence-corrected chi connectivity index (χ2v) is 4.99. The van der Waals surface area contributed by atoms with Crippen LogP contribution in [0.25, 0.3) is 0 Å². The molecule has 0 radical (unpaired) electrons. The minimum Gasteiger partial charge on any atom is -0.492 e. The second-order valence-electron chi connectivity index (χ2n) is 4.15. The van der Waals surface area contributed by atoms with Gasteiger partial charge in [0.25, 0.3) is 0 Å². The molecule has 0 N–H and O–H groups in total. The average molecular weight is 311 g/mol. The van der Waals surface area contributed by atoms with E-state index in [1.54, 1.807) is 29.9 Å². The van der Waals surface area contributed by atoms with Gasteiger partial charge < -0.3 is 4.74 Å². The lowest BCUT2D eigenvalue weighted by atomic mass is 10.2. The van der Waals surface area contributed by atoms with E-state index in [4.69, 9.17) is 33.2 Å². The van der Waals surface area contributed by atoms with Crippen LogP contribution < -0.4 is 4.74 Å². The van der Waals surface area contributed by atoms with Gasteiger partial charge in [0, 0.05) is 12.1 Å². The minimum atomic E-state index is 0.358. The van der Waals surface area contributed by atoms with Crippen LogP contribution in [0.3, 0.4) is 0 Å². The highest BCUT2D eigenvalue weighted by Gasteiger charge is 2.09. The minimum absolute atomic E-state index is 0.358. The molecule has 20 heavy (non-hydrogen) atoms. The summed E-state index contributed by atoms with van der Waals surface area (Å²) < 4.78 is 7.18. The van der Waals surface area contributed by atoms with Gasteiger partial charge in [-0.05, 0) is 31.0 Å². The van der Waals surface area contributed by atoms with Gasteiger partial charge in [-0.15, -0.1) is 5.10 Å². The van der Waals surface area contributed by atoms with Gasteiger partial charge in [0.2, 0.25) is 0 Å². The molecule has 2 aromatic rings. The summed E-state index contributed by atoms with van der Waals surface area (Å²) in [6.45, 7) is 0.484. The molecule has 1 aromatic heterocycles. The zero-order chi connectivity index (χ0) is 14.5. The highest BCUT2D eigenvalue weighted by molar-refractivity contribution is 6.35. The number of aryl methyl sites for hydroxylation is 1. The summed E-state index contributed by atoms with van der Waals surface area (Å²) in [7, 11) is 1.76. The van der Waals surface area contributed by atoms with E-state index >= 15 is 0 Å². The first-order valence-corrected chi connectivity index (χ1v) is 6.74. The molecule has 1 aromatic carbocycles. The molecular formula is C13H12Cl2N4O. The van der Waals surface area contributed by atoms with Crippen molar-refractivity contribution in [1.29, 1.82) is 5.26 Å². The van der Waals surface area contributed by atoms with Crippen molar-refractivity contribution in [1.82, 2.24) is 15.0 Å². The zero-order valence-corrected chi connectivity index (χ0v) is 12.3. The monoisotopic (exact) mass is 310 g/mol. The molecule has 0 spiro atoms. The first kappa shape index (κ1) is 14.6. The maximum atomic E-state index is 8.90. The number of hydrogen-bond acceptors (Lipinski definition) is 4. The second kappa shape index (κ2) is 6.60. The van der Waals surface area contributed by atoms with Crippen LogP contribution >= 0.6 is 23.2 Å². The van der Waals surface area contributed by atoms with Crippen LogP contribution in [0.15, 0.2) is 18.2 Å². The van der Waals surface area contributed by atoms with Crippen molar-refractivity contribution in [2.45, 2.75) is 12.8 Å². The normalized spacial score (nSPS) is 10.3. The van der Waals surface area contributed by atoms with Gasteiger partial charge in [-0.25, -0.2) is 0 Å². The maximum Gasteiger partial charge on any atom is 0.185 e. The Balaban J connectivity index is 1.88. The Morgan fingerprint density at radius 3 is 2.90 bits per heavy atom. The molecule has 5 nitrogen and oxygen atoms in total. The van der Waals surface area contributed by atoms with Crippen molar-refractivity contribution < 1.29 is 4.74 Å². The molecule has 0 aliphatic rings. The molecule has 0 saturated carbocycles. The maximum absolute atomic E-state index is 8.90. The summed E-state index contributed by atoms with van der Waals surface area (Å²) in [5, 5.41) is 17.5. The number of nitriles is 1. The van der Waals surface area contributed by atoms with Crippen molar-refractivity contribution in [3.63, 3.8) is 0 Å². The van der Waals surface area contributed by atoms with E-state index in [-0.39, 0.29) is 0 Å². The van der Waals surface area contributed by atoms with Crippen LogP contribution in [-0.4, -0.2) is 21.6 Å². The summed E-state index contributed by atoms with van der Waals surface area (Å²) in [6.07, 6.45) is 1.40. The van der Waals surface area contributed by atoms with E-state index in [0.29, 0.717) is 34.5 Å². The number of ether oxygens (including phenoxy) is 1. The van der Waals surface area contributed by atoms with Gasteiger partial charge in [-0.2, -0.15) is 5.26 Å². The predicted octanol–water partition coefficient (Wildman–Crippen LogP) is 3.01. The molecular weight excluding hydrogens is 299 g/mol. The Hall–Kier alpha value is -1.77. The fraction of sp³-hybridized carbons (Fsp3) is 0.308. The quantitative estimate of drug-likeness (QED) is 0.796. The van der Waals surface area contributed by atoms with Crippen molar-refractivity contribution >= 4 is 23.2 Å². The van der Waals surface area contributed by atoms with Gasteiger partial charge in [0.1, 0.15) is 11.8 Å². The molecule has 1 heterocycles. The lowest BCUT2D eigenvalue weighted by Gasteiger charge is -2.08. The Morgan fingerprint density at radius 1 is 1.40 bits per heavy atom. The number of rotatable bonds is 5. The van der Waals surface area contributed by atoms with Gasteiger partial charge in [0.05, 0.1) is 17.3 Å². The first-order chi connectivity index (χ1) is 9.61. The van der Waals surface area contributed by atoms with E-state index < -0.39 is 0 Å². The fourth-order valence-electron chi connectivity index (χ4n) is 1.76. The number of hydrogen-bond donors (Lipinski definition) is 0. The standard InChI is InChI=1S/C13H12Cl2N4O/c1-19-12(11(8-16)17-18-19)3-2-6-20-13-5-4-9(14)7-10(13)15/h4-5,7H,2-3,6H2,1H3. The molecule has 0 aliphatic heterocycles. The third-order valence-electron chi connectivity index (χ3n) is 2.76. The average Bonchev–Trinajstić information content (AvgIpc) is 2.77. The third-order valence-corrected chi connectivity index (χ3v) is 3.29. The molecule has 0 amide bonds. The van der Waals surface area contributed by atoms with Gasteiger partial charge in [-0.3, -0.25) is 4.68 Å². The number of nitrogens with zero attached hydrogens (tertiary/aromatic N) is 4. The summed E-state index contributed by atoms with van der Waals surface area (Å²) in [5.41, 5.74) is 1.16. The first-order valence-electron chi connectivity index (χ1n) is 5.98. The van der Waals surface area contributed by atoms with Crippen molar-refractivity contribution in [2.75, 3.05) is 6.61 Å².